The molecule has 180 valence electrons. The molecule has 2 aliphatic rings. The highest BCUT2D eigenvalue weighted by Crippen LogP contribution is 2.46. The Hall–Kier alpha value is -3.15. The number of hydrogen-bond acceptors (Lipinski definition) is 4. The molecule has 1 aliphatic carbocycles. The summed E-state index contributed by atoms with van der Waals surface area (Å²) in [5.41, 5.74) is 3.52. The molecule has 0 amide bonds. The number of aromatic carboxylic acids is 1. The molecular formula is C29H27ClO5. The predicted octanol–water partition coefficient (Wildman–Crippen LogP) is 7.12. The monoisotopic (exact) mass is 490 g/mol. The van der Waals surface area contributed by atoms with Crippen molar-refractivity contribution in [1.82, 2.24) is 0 Å². The SMILES string of the molecule is Cc1c(COC2CCCCC2)c(Cl)c(C(=O)c2ccccc2C(=O)O)c2c1Oc1ccccc1C2. The van der Waals surface area contributed by atoms with Gasteiger partial charge in [-0.05, 0) is 43.0 Å². The highest BCUT2D eigenvalue weighted by Gasteiger charge is 2.32. The van der Waals surface area contributed by atoms with Gasteiger partial charge in [-0.1, -0.05) is 67.3 Å². The number of benzene rings is 3. The van der Waals surface area contributed by atoms with Crippen LogP contribution in [-0.4, -0.2) is 23.0 Å². The molecule has 1 aliphatic heterocycles. The lowest BCUT2D eigenvalue weighted by Gasteiger charge is -2.28. The molecule has 35 heavy (non-hydrogen) atoms. The molecule has 6 heteroatoms. The maximum atomic E-state index is 13.9. The Labute approximate surface area is 209 Å². The molecule has 0 saturated heterocycles. The summed E-state index contributed by atoms with van der Waals surface area (Å²) in [5, 5.41) is 10.0. The van der Waals surface area contributed by atoms with E-state index in [-0.39, 0.29) is 29.4 Å². The number of para-hydroxylation sites is 1. The Kier molecular flexibility index (Phi) is 6.63. The molecule has 0 atom stereocenters. The lowest BCUT2D eigenvalue weighted by Crippen LogP contribution is -2.19. The van der Waals surface area contributed by atoms with Crippen molar-refractivity contribution in [2.75, 3.05) is 0 Å². The van der Waals surface area contributed by atoms with Crippen molar-refractivity contribution in [3.05, 3.63) is 92.5 Å². The molecule has 5 nitrogen and oxygen atoms in total. The molecule has 1 saturated carbocycles. The first-order valence-electron chi connectivity index (χ1n) is 12.0. The minimum absolute atomic E-state index is 0.0555. The molecule has 3 aromatic rings. The van der Waals surface area contributed by atoms with Crippen molar-refractivity contribution >= 4 is 23.4 Å². The highest BCUT2D eigenvalue weighted by atomic mass is 35.5. The predicted molar refractivity (Wildman–Crippen MR) is 134 cm³/mol. The minimum Gasteiger partial charge on any atom is -0.478 e. The van der Waals surface area contributed by atoms with Crippen LogP contribution in [0.4, 0.5) is 0 Å². The summed E-state index contributed by atoms with van der Waals surface area (Å²) in [4.78, 5) is 25.8. The third-order valence-corrected chi connectivity index (χ3v) is 7.47. The number of hydrogen-bond donors (Lipinski definition) is 1. The summed E-state index contributed by atoms with van der Waals surface area (Å²) in [5.74, 6) is -0.236. The number of rotatable bonds is 6. The third kappa shape index (κ3) is 4.46. The topological polar surface area (TPSA) is 72.8 Å². The van der Waals surface area contributed by atoms with Gasteiger partial charge in [0, 0.05) is 28.7 Å². The Balaban J connectivity index is 1.64. The van der Waals surface area contributed by atoms with Crippen LogP contribution in [0, 0.1) is 6.92 Å². The molecular weight excluding hydrogens is 464 g/mol. The highest BCUT2D eigenvalue weighted by molar-refractivity contribution is 6.36. The normalized spacial score (nSPS) is 15.1. The Bertz CT molecular complexity index is 1310. The number of ketones is 1. The fraction of sp³-hybridized carbons (Fsp3) is 0.310. The second kappa shape index (κ2) is 9.84. The van der Waals surface area contributed by atoms with E-state index in [1.165, 1.54) is 18.6 Å². The van der Waals surface area contributed by atoms with Gasteiger partial charge in [-0.2, -0.15) is 0 Å². The van der Waals surface area contributed by atoms with Gasteiger partial charge in [-0.25, -0.2) is 4.79 Å². The van der Waals surface area contributed by atoms with Crippen molar-refractivity contribution < 1.29 is 24.2 Å². The average Bonchev–Trinajstić information content (AvgIpc) is 2.88. The minimum atomic E-state index is -1.16. The number of fused-ring (bicyclic) bond motifs is 2. The molecule has 1 N–H and O–H groups in total. The average molecular weight is 491 g/mol. The number of carboxylic acid groups (broad SMARTS) is 1. The van der Waals surface area contributed by atoms with E-state index in [9.17, 15) is 14.7 Å². The quantitative estimate of drug-likeness (QED) is 0.291. The number of ether oxygens (including phenoxy) is 2. The van der Waals surface area contributed by atoms with Gasteiger partial charge in [0.2, 0.25) is 0 Å². The molecule has 0 spiro atoms. The van der Waals surface area contributed by atoms with E-state index in [1.54, 1.807) is 12.1 Å². The fourth-order valence-corrected chi connectivity index (χ4v) is 5.52. The van der Waals surface area contributed by atoms with Crippen LogP contribution >= 0.6 is 11.6 Å². The molecule has 5 rings (SSSR count). The Morgan fingerprint density at radius 1 is 1.03 bits per heavy atom. The molecule has 0 radical (unpaired) electrons. The van der Waals surface area contributed by atoms with E-state index in [4.69, 9.17) is 21.1 Å². The van der Waals surface area contributed by atoms with E-state index in [0.29, 0.717) is 28.3 Å². The molecule has 3 aromatic carbocycles. The van der Waals surface area contributed by atoms with Crippen molar-refractivity contribution in [3.63, 3.8) is 0 Å². The first kappa shape index (κ1) is 23.6. The third-order valence-electron chi connectivity index (χ3n) is 7.05. The van der Waals surface area contributed by atoms with E-state index in [0.717, 1.165) is 42.6 Å². The standard InChI is InChI=1S/C29H27ClO5/c1-17-23(16-34-19-10-3-2-4-11-19)26(30)25(27(31)20-12-6-7-13-21(20)29(32)33)22-15-18-9-5-8-14-24(18)35-28(17)22/h5-9,12-14,19H,2-4,10-11,15-16H2,1H3,(H,32,33). The first-order chi connectivity index (χ1) is 17.0. The van der Waals surface area contributed by atoms with E-state index >= 15 is 0 Å². The van der Waals surface area contributed by atoms with Gasteiger partial charge in [-0.3, -0.25) is 4.79 Å². The van der Waals surface area contributed by atoms with Gasteiger partial charge < -0.3 is 14.6 Å². The maximum Gasteiger partial charge on any atom is 0.336 e. The maximum absolute atomic E-state index is 13.9. The molecule has 1 heterocycles. The van der Waals surface area contributed by atoms with Gasteiger partial charge in [-0.15, -0.1) is 0 Å². The van der Waals surface area contributed by atoms with Gasteiger partial charge in [0.05, 0.1) is 23.3 Å². The smallest absolute Gasteiger partial charge is 0.336 e. The molecule has 0 bridgehead atoms. The molecule has 0 unspecified atom stereocenters. The second-order valence-corrected chi connectivity index (χ2v) is 9.62. The summed E-state index contributed by atoms with van der Waals surface area (Å²) in [6.45, 7) is 2.21. The zero-order valence-corrected chi connectivity index (χ0v) is 20.4. The lowest BCUT2D eigenvalue weighted by molar-refractivity contribution is 0.0166. The first-order valence-corrected chi connectivity index (χ1v) is 12.4. The Morgan fingerprint density at radius 2 is 1.71 bits per heavy atom. The van der Waals surface area contributed by atoms with Crippen molar-refractivity contribution in [3.8, 4) is 11.5 Å². The van der Waals surface area contributed by atoms with Crippen LogP contribution in [0.15, 0.2) is 48.5 Å². The van der Waals surface area contributed by atoms with Crippen LogP contribution in [-0.2, 0) is 17.8 Å². The van der Waals surface area contributed by atoms with Crippen LogP contribution in [0.25, 0.3) is 0 Å². The summed E-state index contributed by atoms with van der Waals surface area (Å²) in [6.07, 6.45) is 6.20. The summed E-state index contributed by atoms with van der Waals surface area (Å²) < 4.78 is 12.6. The van der Waals surface area contributed by atoms with Crippen LogP contribution in [0.3, 0.4) is 0 Å². The van der Waals surface area contributed by atoms with Gasteiger partial charge in [0.1, 0.15) is 11.5 Å². The summed E-state index contributed by atoms with van der Waals surface area (Å²) >= 11 is 6.97. The number of carboxylic acids is 1. The second-order valence-electron chi connectivity index (χ2n) is 9.24. The molecule has 1 fully saturated rings. The van der Waals surface area contributed by atoms with Crippen molar-refractivity contribution in [2.45, 2.75) is 58.2 Å². The number of halogens is 1. The molecule has 0 aromatic heterocycles. The van der Waals surface area contributed by atoms with Crippen molar-refractivity contribution in [2.24, 2.45) is 0 Å². The summed E-state index contributed by atoms with van der Waals surface area (Å²) in [6, 6.07) is 13.9. The zero-order valence-electron chi connectivity index (χ0n) is 19.6. The number of carbonyl (C=O) groups is 2. The van der Waals surface area contributed by atoms with Crippen LogP contribution in [0.5, 0.6) is 11.5 Å². The van der Waals surface area contributed by atoms with Crippen LogP contribution in [0.1, 0.15) is 80.6 Å². The fourth-order valence-electron chi connectivity index (χ4n) is 5.13. The largest absolute Gasteiger partial charge is 0.478 e. The van der Waals surface area contributed by atoms with Gasteiger partial charge in [0.15, 0.2) is 5.78 Å². The summed E-state index contributed by atoms with van der Waals surface area (Å²) in [7, 11) is 0. The van der Waals surface area contributed by atoms with Crippen molar-refractivity contribution in [1.29, 1.82) is 0 Å². The lowest BCUT2D eigenvalue weighted by atomic mass is 9.86. The van der Waals surface area contributed by atoms with Gasteiger partial charge in [0.25, 0.3) is 0 Å². The van der Waals surface area contributed by atoms with Crippen LogP contribution < -0.4 is 4.74 Å². The van der Waals surface area contributed by atoms with E-state index < -0.39 is 11.8 Å². The van der Waals surface area contributed by atoms with E-state index in [1.807, 2.05) is 31.2 Å². The van der Waals surface area contributed by atoms with Crippen LogP contribution in [0.2, 0.25) is 5.02 Å². The van der Waals surface area contributed by atoms with Gasteiger partial charge >= 0.3 is 5.97 Å². The zero-order chi connectivity index (χ0) is 24.5. The Morgan fingerprint density at radius 3 is 2.46 bits per heavy atom. The van der Waals surface area contributed by atoms with E-state index in [2.05, 4.69) is 0 Å². The number of carbonyl (C=O) groups excluding carboxylic acids is 1.